The van der Waals surface area contributed by atoms with Crippen LogP contribution in [-0.4, -0.2) is 36.5 Å². The van der Waals surface area contributed by atoms with Crippen molar-refractivity contribution >= 4 is 17.5 Å². The van der Waals surface area contributed by atoms with E-state index in [1.165, 1.54) is 12.1 Å². The van der Waals surface area contributed by atoms with Crippen LogP contribution in [0.4, 0.5) is 13.2 Å². The van der Waals surface area contributed by atoms with Gasteiger partial charge in [-0.15, -0.1) is 0 Å². The number of benzene rings is 2. The van der Waals surface area contributed by atoms with Crippen molar-refractivity contribution < 1.29 is 36.9 Å². The van der Waals surface area contributed by atoms with Crippen LogP contribution in [-0.2, 0) is 6.18 Å². The van der Waals surface area contributed by atoms with Gasteiger partial charge in [-0.2, -0.15) is 18.4 Å². The highest BCUT2D eigenvalue weighted by Crippen LogP contribution is 2.40. The van der Waals surface area contributed by atoms with Gasteiger partial charge in [0.2, 0.25) is 6.79 Å². The Labute approximate surface area is 201 Å². The van der Waals surface area contributed by atoms with Crippen molar-refractivity contribution in [1.82, 2.24) is 4.98 Å². The summed E-state index contributed by atoms with van der Waals surface area (Å²) in [7, 11) is 0. The van der Waals surface area contributed by atoms with Crippen molar-refractivity contribution in [2.75, 3.05) is 25.8 Å². The first-order valence-electron chi connectivity index (χ1n) is 10.3. The predicted molar refractivity (Wildman–Crippen MR) is 118 cm³/mol. The predicted octanol–water partition coefficient (Wildman–Crippen LogP) is 5.11. The molecule has 0 spiro atoms. The van der Waals surface area contributed by atoms with Gasteiger partial charge < -0.3 is 18.9 Å². The summed E-state index contributed by atoms with van der Waals surface area (Å²) in [4.78, 5) is 17.1. The van der Waals surface area contributed by atoms with Crippen LogP contribution in [0, 0.1) is 11.3 Å². The molecule has 2 aliphatic rings. The third kappa shape index (κ3) is 4.57. The van der Waals surface area contributed by atoms with Gasteiger partial charge in [-0.1, -0.05) is 11.8 Å². The van der Waals surface area contributed by atoms with Gasteiger partial charge in [0, 0.05) is 11.1 Å². The molecule has 0 saturated heterocycles. The zero-order valence-electron chi connectivity index (χ0n) is 17.8. The molecule has 0 radical (unpaired) electrons. The minimum absolute atomic E-state index is 0.0103. The number of hydrogen-bond donors (Lipinski definition) is 0. The second kappa shape index (κ2) is 9.03. The number of pyridine rings is 1. The lowest BCUT2D eigenvalue weighted by atomic mass is 10.0. The molecule has 2 aliphatic heterocycles. The molecule has 0 N–H and O–H groups in total. The summed E-state index contributed by atoms with van der Waals surface area (Å²) < 4.78 is 63.0. The van der Waals surface area contributed by atoms with E-state index in [1.54, 1.807) is 30.3 Å². The fourth-order valence-corrected chi connectivity index (χ4v) is 4.49. The van der Waals surface area contributed by atoms with Crippen molar-refractivity contribution in [2.24, 2.45) is 0 Å². The Morgan fingerprint density at radius 3 is 2.43 bits per heavy atom. The second-order valence-electron chi connectivity index (χ2n) is 7.48. The zero-order chi connectivity index (χ0) is 24.6. The highest BCUT2D eigenvalue weighted by atomic mass is 32.2. The quantitative estimate of drug-likeness (QED) is 0.353. The lowest BCUT2D eigenvalue weighted by Crippen LogP contribution is -2.16. The minimum Gasteiger partial charge on any atom is -0.486 e. The van der Waals surface area contributed by atoms with Gasteiger partial charge in [-0.25, -0.2) is 4.98 Å². The molecule has 3 heterocycles. The topological polar surface area (TPSA) is 90.7 Å². The Morgan fingerprint density at radius 2 is 1.66 bits per heavy atom. The average molecular weight is 500 g/mol. The van der Waals surface area contributed by atoms with E-state index in [-0.39, 0.29) is 29.0 Å². The SMILES string of the molecule is N#Cc1c(C(F)(F)F)cc(-c2ccc3c(c2)OCO3)nc1SCC(=O)c1ccc2c(c1)OCCO2. The molecule has 7 nitrogen and oxygen atoms in total. The number of nitriles is 1. The lowest BCUT2D eigenvalue weighted by molar-refractivity contribution is -0.138. The van der Waals surface area contributed by atoms with Crippen LogP contribution in [0.3, 0.4) is 0 Å². The number of rotatable bonds is 5. The molecule has 2 aromatic carbocycles. The Kier molecular flexibility index (Phi) is 5.90. The monoisotopic (exact) mass is 500 g/mol. The summed E-state index contributed by atoms with van der Waals surface area (Å²) in [6, 6.07) is 11.8. The standard InChI is InChI=1S/C24H15F3N2O5S/c25-24(26,27)16-9-17(13-1-3-20-22(7-13)34-12-33-20)29-23(15(16)10-28)35-11-18(30)14-2-4-19-21(8-14)32-6-5-31-19/h1-4,7-9H,5-6,11-12H2. The van der Waals surface area contributed by atoms with Crippen molar-refractivity contribution in [3.05, 3.63) is 59.2 Å². The number of Topliss-reactive ketones (excluding diaryl/α,β-unsaturated/α-hetero) is 1. The van der Waals surface area contributed by atoms with Crippen molar-refractivity contribution in [1.29, 1.82) is 5.26 Å². The number of thioether (sulfide) groups is 1. The molecule has 3 aromatic rings. The summed E-state index contributed by atoms with van der Waals surface area (Å²) in [5.41, 5.74) is -1.12. The Hall–Kier alpha value is -3.91. The number of alkyl halides is 3. The normalized spacial score (nSPS) is 13.9. The first-order valence-corrected chi connectivity index (χ1v) is 11.3. The molecule has 1 aromatic heterocycles. The van der Waals surface area contributed by atoms with Crippen molar-refractivity contribution in [3.63, 3.8) is 0 Å². The molecule has 11 heteroatoms. The summed E-state index contributed by atoms with van der Waals surface area (Å²) in [6.07, 6.45) is -4.80. The average Bonchev–Trinajstić information content (AvgIpc) is 3.34. The van der Waals surface area contributed by atoms with Crippen LogP contribution in [0.2, 0.25) is 0 Å². The highest BCUT2D eigenvalue weighted by molar-refractivity contribution is 8.00. The van der Waals surface area contributed by atoms with E-state index in [9.17, 15) is 23.2 Å². The van der Waals surface area contributed by atoms with Gasteiger partial charge in [0.1, 0.15) is 24.3 Å². The van der Waals surface area contributed by atoms with Gasteiger partial charge in [-0.05, 0) is 42.5 Å². The summed E-state index contributed by atoms with van der Waals surface area (Å²) in [5.74, 6) is 1.19. The van der Waals surface area contributed by atoms with E-state index < -0.39 is 17.3 Å². The van der Waals surface area contributed by atoms with Gasteiger partial charge in [0.05, 0.1) is 22.6 Å². The zero-order valence-corrected chi connectivity index (χ0v) is 18.7. The Morgan fingerprint density at radius 1 is 0.971 bits per heavy atom. The van der Waals surface area contributed by atoms with Crippen LogP contribution in [0.25, 0.3) is 11.3 Å². The van der Waals surface area contributed by atoms with Crippen LogP contribution in [0.1, 0.15) is 21.5 Å². The Bertz CT molecular complexity index is 1370. The molecule has 0 bridgehead atoms. The molecule has 0 saturated carbocycles. The van der Waals surface area contributed by atoms with E-state index in [4.69, 9.17) is 18.9 Å². The van der Waals surface area contributed by atoms with Crippen molar-refractivity contribution in [2.45, 2.75) is 11.2 Å². The molecular weight excluding hydrogens is 485 g/mol. The third-order valence-corrected chi connectivity index (χ3v) is 6.25. The number of ketones is 1. The van der Waals surface area contributed by atoms with Gasteiger partial charge in [0.15, 0.2) is 28.8 Å². The number of fused-ring (bicyclic) bond motifs is 2. The number of aromatic nitrogens is 1. The van der Waals surface area contributed by atoms with Crippen LogP contribution in [0.15, 0.2) is 47.5 Å². The smallest absolute Gasteiger partial charge is 0.417 e. The summed E-state index contributed by atoms with van der Waals surface area (Å²) in [6.45, 7) is 0.762. The van der Waals surface area contributed by atoms with Crippen LogP contribution >= 0.6 is 11.8 Å². The minimum atomic E-state index is -4.80. The number of carbonyl (C=O) groups excluding carboxylic acids is 1. The molecular formula is C24H15F3N2O5S. The van der Waals surface area contributed by atoms with E-state index in [2.05, 4.69) is 4.98 Å². The maximum atomic E-state index is 13.8. The first-order chi connectivity index (χ1) is 16.8. The highest BCUT2D eigenvalue weighted by Gasteiger charge is 2.36. The lowest BCUT2D eigenvalue weighted by Gasteiger charge is -2.18. The molecule has 0 unspecified atom stereocenters. The van der Waals surface area contributed by atoms with Crippen LogP contribution in [0.5, 0.6) is 23.0 Å². The molecule has 0 fully saturated rings. The maximum Gasteiger partial charge on any atom is 0.417 e. The Balaban J connectivity index is 1.47. The van der Waals surface area contributed by atoms with Crippen LogP contribution < -0.4 is 18.9 Å². The molecule has 178 valence electrons. The third-order valence-electron chi connectivity index (χ3n) is 5.28. The van der Waals surface area contributed by atoms with Gasteiger partial charge in [-0.3, -0.25) is 4.79 Å². The largest absolute Gasteiger partial charge is 0.486 e. The van der Waals surface area contributed by atoms with E-state index >= 15 is 0 Å². The summed E-state index contributed by atoms with van der Waals surface area (Å²) >= 11 is 0.765. The first kappa shape index (κ1) is 22.9. The van der Waals surface area contributed by atoms with Crippen molar-refractivity contribution in [3.8, 4) is 40.3 Å². The maximum absolute atomic E-state index is 13.8. The molecule has 35 heavy (non-hydrogen) atoms. The second-order valence-corrected chi connectivity index (χ2v) is 8.45. The van der Waals surface area contributed by atoms with E-state index in [0.717, 1.165) is 17.8 Å². The molecule has 0 atom stereocenters. The molecule has 5 rings (SSSR count). The number of ether oxygens (including phenoxy) is 4. The van der Waals surface area contributed by atoms with E-state index in [1.807, 2.05) is 0 Å². The molecule has 0 aliphatic carbocycles. The molecule has 0 amide bonds. The van der Waals surface area contributed by atoms with Gasteiger partial charge >= 0.3 is 6.18 Å². The van der Waals surface area contributed by atoms with E-state index in [0.29, 0.717) is 47.3 Å². The summed E-state index contributed by atoms with van der Waals surface area (Å²) in [5, 5.41) is 9.32. The number of carbonyl (C=O) groups is 1. The number of hydrogen-bond acceptors (Lipinski definition) is 8. The fourth-order valence-electron chi connectivity index (χ4n) is 3.60. The van der Waals surface area contributed by atoms with Gasteiger partial charge in [0.25, 0.3) is 0 Å². The number of nitrogens with zero attached hydrogens (tertiary/aromatic N) is 2. The number of halogens is 3. The fraction of sp³-hybridized carbons (Fsp3) is 0.208.